The van der Waals surface area contributed by atoms with Crippen LogP contribution in [-0.2, 0) is 9.59 Å². The van der Waals surface area contributed by atoms with Gasteiger partial charge in [0.2, 0.25) is 11.8 Å². The number of carbonyl (C=O) groups is 4. The van der Waals surface area contributed by atoms with Gasteiger partial charge in [0.25, 0.3) is 11.8 Å². The van der Waals surface area contributed by atoms with Crippen LogP contribution >= 0.6 is 23.2 Å². The fraction of sp³-hybridized carbons (Fsp3) is 0.279. The number of fused-ring (bicyclic) bond motifs is 2. The number of benzene rings is 4. The summed E-state index contributed by atoms with van der Waals surface area (Å²) in [6.45, 7) is 0. The van der Waals surface area contributed by atoms with Crippen molar-refractivity contribution in [2.45, 2.75) is 63.5 Å². The number of carbonyl (C=O) groups excluding carboxylic acids is 4. The van der Waals surface area contributed by atoms with Crippen molar-refractivity contribution in [2.75, 3.05) is 10.6 Å². The first-order valence-corrected chi connectivity index (χ1v) is 19.9. The highest BCUT2D eigenvalue weighted by atomic mass is 35.5. The van der Waals surface area contributed by atoms with Crippen LogP contribution in [0.1, 0.15) is 72.2 Å². The highest BCUT2D eigenvalue weighted by Crippen LogP contribution is 2.30. The third kappa shape index (κ3) is 9.66. The first kappa shape index (κ1) is 40.4. The van der Waals surface area contributed by atoms with E-state index in [1.54, 1.807) is 6.20 Å². The number of aromatic amines is 2. The van der Waals surface area contributed by atoms with E-state index in [-0.39, 0.29) is 57.6 Å². The molecule has 0 radical (unpaired) electrons. The number of nitrogens with zero attached hydrogens (tertiary/aromatic N) is 1. The van der Waals surface area contributed by atoms with Crippen LogP contribution in [0.4, 0.5) is 20.2 Å². The number of rotatable bonds is 8. The number of H-pyrrole nitrogens is 2. The zero-order valence-electron chi connectivity index (χ0n) is 31.2. The first-order valence-electron chi connectivity index (χ1n) is 19.1. The van der Waals surface area contributed by atoms with E-state index < -0.39 is 11.6 Å². The Bertz CT molecular complexity index is 2290. The van der Waals surface area contributed by atoms with E-state index in [0.717, 1.165) is 34.6 Å². The van der Waals surface area contributed by atoms with Crippen molar-refractivity contribution in [3.05, 3.63) is 124 Å². The Morgan fingerprint density at radius 2 is 1.09 bits per heavy atom. The second-order valence-corrected chi connectivity index (χ2v) is 15.5. The first-order chi connectivity index (χ1) is 28.0. The van der Waals surface area contributed by atoms with Crippen LogP contribution in [0.25, 0.3) is 21.8 Å². The topological polar surface area (TPSA) is 161 Å². The van der Waals surface area contributed by atoms with E-state index in [4.69, 9.17) is 23.2 Å². The SMILES string of the molecule is O=C(NC1CCC(C(=O)Nc2ccc(F)cc2Cl)CC1)c1c[nH]c2ccccc12.O=C(NC1CCC(C(=O)Nc2ccc(F)cc2Cl)CC1)c1n[nH]c2ccccc12. The zero-order chi connectivity index (χ0) is 40.8. The van der Waals surface area contributed by atoms with Crippen LogP contribution in [0, 0.1) is 23.5 Å². The molecule has 2 saturated carbocycles. The molecule has 0 bridgehead atoms. The number of aromatic nitrogens is 3. The molecule has 0 atom stereocenters. The molecule has 4 amide bonds. The predicted molar refractivity (Wildman–Crippen MR) is 221 cm³/mol. The molecule has 0 saturated heterocycles. The minimum Gasteiger partial charge on any atom is -0.360 e. The van der Waals surface area contributed by atoms with Gasteiger partial charge in [-0.3, -0.25) is 24.3 Å². The average Bonchev–Trinajstić information content (AvgIpc) is 3.86. The summed E-state index contributed by atoms with van der Waals surface area (Å²) in [5, 5.41) is 20.7. The normalized spacial score (nSPS) is 19.1. The predicted octanol–water partition coefficient (Wildman–Crippen LogP) is 9.17. The molecule has 8 rings (SSSR count). The maximum atomic E-state index is 13.1. The van der Waals surface area contributed by atoms with Gasteiger partial charge in [0.1, 0.15) is 11.6 Å². The average molecular weight is 829 g/mol. The van der Waals surface area contributed by atoms with Crippen LogP contribution in [0.5, 0.6) is 0 Å². The second kappa shape index (κ2) is 18.2. The number of halogens is 4. The van der Waals surface area contributed by atoms with Crippen molar-refractivity contribution in [1.29, 1.82) is 0 Å². The summed E-state index contributed by atoms with van der Waals surface area (Å²) in [5.74, 6) is -1.80. The lowest BCUT2D eigenvalue weighted by molar-refractivity contribution is -0.121. The quantitative estimate of drug-likeness (QED) is 0.0901. The Balaban J connectivity index is 0.000000177. The van der Waals surface area contributed by atoms with Crippen molar-refractivity contribution < 1.29 is 28.0 Å². The van der Waals surface area contributed by atoms with Gasteiger partial charge in [-0.25, -0.2) is 8.78 Å². The Morgan fingerprint density at radius 1 is 0.603 bits per heavy atom. The van der Waals surface area contributed by atoms with Gasteiger partial charge in [0, 0.05) is 46.4 Å². The minimum absolute atomic E-state index is 0.00331. The Kier molecular flexibility index (Phi) is 12.7. The molecule has 2 heterocycles. The molecule has 2 aromatic heterocycles. The zero-order valence-corrected chi connectivity index (χ0v) is 32.7. The molecule has 4 aromatic carbocycles. The van der Waals surface area contributed by atoms with E-state index in [9.17, 15) is 28.0 Å². The summed E-state index contributed by atoms with van der Waals surface area (Å²) < 4.78 is 26.3. The Hall–Kier alpha value is -5.79. The molecular formula is C43H41Cl2F2N7O4. The van der Waals surface area contributed by atoms with Gasteiger partial charge in [-0.2, -0.15) is 5.10 Å². The minimum atomic E-state index is -0.450. The number of amides is 4. The van der Waals surface area contributed by atoms with Gasteiger partial charge in [0.05, 0.1) is 32.5 Å². The third-order valence-corrected chi connectivity index (χ3v) is 11.4. The lowest BCUT2D eigenvalue weighted by atomic mass is 9.85. The molecule has 2 fully saturated rings. The van der Waals surface area contributed by atoms with Crippen LogP contribution in [-0.4, -0.2) is 50.9 Å². The number of nitrogens with one attached hydrogen (secondary N) is 6. The highest BCUT2D eigenvalue weighted by Gasteiger charge is 2.30. The number of anilines is 2. The van der Waals surface area contributed by atoms with Gasteiger partial charge in [0.15, 0.2) is 5.69 Å². The van der Waals surface area contributed by atoms with Gasteiger partial charge in [-0.15, -0.1) is 0 Å². The largest absolute Gasteiger partial charge is 0.360 e. The lowest BCUT2D eigenvalue weighted by Crippen LogP contribution is -2.39. The van der Waals surface area contributed by atoms with Gasteiger partial charge < -0.3 is 26.3 Å². The monoisotopic (exact) mass is 827 g/mol. The van der Waals surface area contributed by atoms with Crippen LogP contribution in [0.2, 0.25) is 10.0 Å². The second-order valence-electron chi connectivity index (χ2n) is 14.6. The molecule has 0 aliphatic heterocycles. The fourth-order valence-corrected chi connectivity index (χ4v) is 7.99. The van der Waals surface area contributed by atoms with Gasteiger partial charge in [-0.05, 0) is 99.9 Å². The Labute approximate surface area is 342 Å². The van der Waals surface area contributed by atoms with Crippen LogP contribution in [0.15, 0.2) is 91.1 Å². The molecule has 58 heavy (non-hydrogen) atoms. The smallest absolute Gasteiger partial charge is 0.272 e. The molecule has 0 spiro atoms. The summed E-state index contributed by atoms with van der Waals surface area (Å²) in [7, 11) is 0. The van der Waals surface area contributed by atoms with Crippen molar-refractivity contribution in [1.82, 2.24) is 25.8 Å². The van der Waals surface area contributed by atoms with Gasteiger partial charge in [-0.1, -0.05) is 59.6 Å². The number of hydrogen-bond donors (Lipinski definition) is 6. The van der Waals surface area contributed by atoms with E-state index in [0.29, 0.717) is 61.2 Å². The van der Waals surface area contributed by atoms with Crippen molar-refractivity contribution in [3.8, 4) is 0 Å². The number of hydrogen-bond acceptors (Lipinski definition) is 5. The number of para-hydroxylation sites is 2. The summed E-state index contributed by atoms with van der Waals surface area (Å²) in [6.07, 6.45) is 7.21. The molecule has 11 nitrogen and oxygen atoms in total. The summed E-state index contributed by atoms with van der Waals surface area (Å²) in [5.41, 5.74) is 3.57. The fourth-order valence-electron chi connectivity index (χ4n) is 7.56. The molecule has 15 heteroatoms. The molecular weight excluding hydrogens is 787 g/mol. The van der Waals surface area contributed by atoms with E-state index in [1.165, 1.54) is 36.4 Å². The lowest BCUT2D eigenvalue weighted by Gasteiger charge is -2.28. The third-order valence-electron chi connectivity index (χ3n) is 10.8. The summed E-state index contributed by atoms with van der Waals surface area (Å²) in [4.78, 5) is 53.4. The summed E-state index contributed by atoms with van der Waals surface area (Å²) in [6, 6.07) is 23.0. The highest BCUT2D eigenvalue weighted by molar-refractivity contribution is 6.34. The summed E-state index contributed by atoms with van der Waals surface area (Å²) >= 11 is 12.0. The van der Waals surface area contributed by atoms with Gasteiger partial charge >= 0.3 is 0 Å². The Morgan fingerprint density at radius 3 is 1.62 bits per heavy atom. The van der Waals surface area contributed by atoms with Crippen molar-refractivity contribution >= 4 is 80.0 Å². The maximum absolute atomic E-state index is 13.1. The van der Waals surface area contributed by atoms with E-state index in [1.807, 2.05) is 48.5 Å². The van der Waals surface area contributed by atoms with E-state index >= 15 is 0 Å². The van der Waals surface area contributed by atoms with E-state index in [2.05, 4.69) is 36.4 Å². The standard InChI is InChI=1S/C22H21ClFN3O2.C21H20ClFN4O2/c23-18-11-14(24)7-10-20(18)27-21(28)13-5-8-15(9-6-13)26-22(29)17-12-25-19-4-2-1-3-16(17)19;22-16-11-13(23)7-10-18(16)25-20(28)12-5-8-14(9-6-12)24-21(29)19-15-3-1-2-4-17(15)26-27-19/h1-4,7,10-13,15,25H,5-6,8-9H2,(H,26,29)(H,27,28);1-4,7,10-12,14H,5-6,8-9H2,(H,24,29)(H,25,28)(H,26,27). The van der Waals surface area contributed by atoms with Crippen LogP contribution < -0.4 is 21.3 Å². The van der Waals surface area contributed by atoms with Crippen LogP contribution in [0.3, 0.4) is 0 Å². The molecule has 0 unspecified atom stereocenters. The molecule has 6 N–H and O–H groups in total. The molecule has 2 aliphatic carbocycles. The maximum Gasteiger partial charge on any atom is 0.272 e. The molecule has 300 valence electrons. The molecule has 2 aliphatic rings. The van der Waals surface area contributed by atoms with Crippen molar-refractivity contribution in [3.63, 3.8) is 0 Å². The molecule has 6 aromatic rings. The van der Waals surface area contributed by atoms with Crippen molar-refractivity contribution in [2.24, 2.45) is 11.8 Å².